The van der Waals surface area contributed by atoms with Gasteiger partial charge >= 0.3 is 5.97 Å². The van der Waals surface area contributed by atoms with Crippen molar-refractivity contribution >= 4 is 5.97 Å². The van der Waals surface area contributed by atoms with Crippen molar-refractivity contribution in [2.45, 2.75) is 13.5 Å². The van der Waals surface area contributed by atoms with Gasteiger partial charge in [-0.2, -0.15) is 0 Å². The van der Waals surface area contributed by atoms with Crippen molar-refractivity contribution in [1.29, 1.82) is 0 Å². The first-order chi connectivity index (χ1) is 9.47. The molecule has 0 aliphatic heterocycles. The Morgan fingerprint density at radius 1 is 1.20 bits per heavy atom. The van der Waals surface area contributed by atoms with Crippen LogP contribution in [0.2, 0.25) is 0 Å². The first-order valence-corrected chi connectivity index (χ1v) is 5.88. The third-order valence-electron chi connectivity index (χ3n) is 2.84. The Morgan fingerprint density at radius 3 is 2.55 bits per heavy atom. The summed E-state index contributed by atoms with van der Waals surface area (Å²) in [4.78, 5) is 10.9. The molecule has 0 radical (unpaired) electrons. The highest BCUT2D eigenvalue weighted by molar-refractivity contribution is 5.89. The number of carboxylic acid groups (broad SMARTS) is 1. The smallest absolute Gasteiger partial charge is 0.335 e. The number of aromatic carboxylic acids is 1. The van der Waals surface area contributed by atoms with Crippen molar-refractivity contribution in [2.75, 3.05) is 0 Å². The van der Waals surface area contributed by atoms with Gasteiger partial charge in [0.05, 0.1) is 5.56 Å². The highest BCUT2D eigenvalue weighted by Gasteiger charge is 2.09. The number of carboxylic acids is 1. The minimum atomic E-state index is -1.02. The van der Waals surface area contributed by atoms with Crippen LogP contribution in [-0.2, 0) is 6.61 Å². The van der Waals surface area contributed by atoms with Gasteiger partial charge < -0.3 is 9.84 Å². The van der Waals surface area contributed by atoms with Gasteiger partial charge in [-0.25, -0.2) is 13.6 Å². The van der Waals surface area contributed by atoms with Crippen LogP contribution in [0.1, 0.15) is 21.5 Å². The molecule has 2 aromatic rings. The lowest BCUT2D eigenvalue weighted by Crippen LogP contribution is -2.02. The summed E-state index contributed by atoms with van der Waals surface area (Å²) in [6.45, 7) is 1.59. The minimum absolute atomic E-state index is 0.0576. The molecule has 0 aliphatic rings. The molecule has 0 amide bonds. The maximum absolute atomic E-state index is 13.4. The van der Waals surface area contributed by atoms with Gasteiger partial charge in [0.15, 0.2) is 0 Å². The first-order valence-electron chi connectivity index (χ1n) is 5.88. The zero-order chi connectivity index (χ0) is 14.7. The van der Waals surface area contributed by atoms with Gasteiger partial charge in [0.25, 0.3) is 0 Å². The molecule has 0 aliphatic carbocycles. The molecule has 5 heteroatoms. The summed E-state index contributed by atoms with van der Waals surface area (Å²) in [5.74, 6) is -1.91. The molecule has 0 saturated carbocycles. The van der Waals surface area contributed by atoms with Crippen LogP contribution in [0.3, 0.4) is 0 Å². The number of hydrogen-bond donors (Lipinski definition) is 1. The van der Waals surface area contributed by atoms with Crippen LogP contribution in [0.4, 0.5) is 8.78 Å². The molecule has 0 atom stereocenters. The number of aryl methyl sites for hydroxylation is 1. The Labute approximate surface area is 114 Å². The number of carbonyl (C=O) groups is 1. The van der Waals surface area contributed by atoms with Gasteiger partial charge in [-0.15, -0.1) is 0 Å². The molecular formula is C15H12F2O3. The summed E-state index contributed by atoms with van der Waals surface area (Å²) in [5.41, 5.74) is 0.964. The van der Waals surface area contributed by atoms with Crippen LogP contribution in [0.25, 0.3) is 0 Å². The van der Waals surface area contributed by atoms with Crippen molar-refractivity contribution in [3.05, 3.63) is 64.7 Å². The lowest BCUT2D eigenvalue weighted by Gasteiger charge is -2.09. The number of benzene rings is 2. The summed E-state index contributed by atoms with van der Waals surface area (Å²) >= 11 is 0. The lowest BCUT2D eigenvalue weighted by molar-refractivity contribution is 0.0696. The number of halogens is 2. The van der Waals surface area contributed by atoms with Gasteiger partial charge in [-0.05, 0) is 42.8 Å². The van der Waals surface area contributed by atoms with Crippen molar-refractivity contribution < 1.29 is 23.4 Å². The normalized spacial score (nSPS) is 10.3. The fourth-order valence-electron chi connectivity index (χ4n) is 1.77. The summed E-state index contributed by atoms with van der Waals surface area (Å²) in [5, 5.41) is 8.90. The molecule has 104 valence electrons. The van der Waals surface area contributed by atoms with Gasteiger partial charge in [-0.3, -0.25) is 0 Å². The van der Waals surface area contributed by atoms with Crippen LogP contribution >= 0.6 is 0 Å². The molecule has 0 unspecified atom stereocenters. The minimum Gasteiger partial charge on any atom is -0.489 e. The molecule has 0 saturated heterocycles. The number of ether oxygens (including phenoxy) is 1. The molecule has 20 heavy (non-hydrogen) atoms. The maximum atomic E-state index is 13.4. The third kappa shape index (κ3) is 3.12. The largest absolute Gasteiger partial charge is 0.489 e. The van der Waals surface area contributed by atoms with E-state index < -0.39 is 17.6 Å². The predicted octanol–water partition coefficient (Wildman–Crippen LogP) is 3.55. The SMILES string of the molecule is Cc1cc(OCc2ccc(F)cc2F)ccc1C(=O)O. The fourth-order valence-corrected chi connectivity index (χ4v) is 1.77. The summed E-state index contributed by atoms with van der Waals surface area (Å²) < 4.78 is 31.5. The molecule has 0 fully saturated rings. The molecule has 1 N–H and O–H groups in total. The van der Waals surface area contributed by atoms with E-state index in [9.17, 15) is 13.6 Å². The zero-order valence-corrected chi connectivity index (χ0v) is 10.7. The van der Waals surface area contributed by atoms with Crippen molar-refractivity contribution in [1.82, 2.24) is 0 Å². The van der Waals surface area contributed by atoms with E-state index in [-0.39, 0.29) is 17.7 Å². The third-order valence-corrected chi connectivity index (χ3v) is 2.84. The average molecular weight is 278 g/mol. The quantitative estimate of drug-likeness (QED) is 0.930. The van der Waals surface area contributed by atoms with E-state index in [1.807, 2.05) is 0 Å². The Bertz CT molecular complexity index is 654. The Balaban J connectivity index is 2.11. The molecule has 0 bridgehead atoms. The highest BCUT2D eigenvalue weighted by Crippen LogP contribution is 2.19. The molecule has 3 nitrogen and oxygen atoms in total. The standard InChI is InChI=1S/C15H12F2O3/c1-9-6-12(4-5-13(9)15(18)19)20-8-10-2-3-11(16)7-14(10)17/h2-7H,8H2,1H3,(H,18,19). The predicted molar refractivity (Wildman–Crippen MR) is 68.8 cm³/mol. The zero-order valence-electron chi connectivity index (χ0n) is 10.7. The van der Waals surface area contributed by atoms with Gasteiger partial charge in [0.1, 0.15) is 24.0 Å². The lowest BCUT2D eigenvalue weighted by atomic mass is 10.1. The topological polar surface area (TPSA) is 46.5 Å². The second kappa shape index (κ2) is 5.69. The summed E-state index contributed by atoms with van der Waals surface area (Å²) in [6, 6.07) is 7.73. The molecule has 0 heterocycles. The Hall–Kier alpha value is -2.43. The molecule has 2 rings (SSSR count). The van der Waals surface area contributed by atoms with Crippen molar-refractivity contribution in [2.24, 2.45) is 0 Å². The molecular weight excluding hydrogens is 266 g/mol. The van der Waals surface area contributed by atoms with Crippen molar-refractivity contribution in [3.63, 3.8) is 0 Å². The Kier molecular flexibility index (Phi) is 3.98. The van der Waals surface area contributed by atoms with E-state index >= 15 is 0 Å². The van der Waals surface area contributed by atoms with Gasteiger partial charge in [0, 0.05) is 11.6 Å². The Morgan fingerprint density at radius 2 is 1.95 bits per heavy atom. The van der Waals surface area contributed by atoms with E-state index in [0.29, 0.717) is 11.3 Å². The first kappa shape index (κ1) is 14.0. The van der Waals surface area contributed by atoms with Crippen LogP contribution in [0, 0.1) is 18.6 Å². The van der Waals surface area contributed by atoms with Crippen LogP contribution in [0.15, 0.2) is 36.4 Å². The van der Waals surface area contributed by atoms with Crippen molar-refractivity contribution in [3.8, 4) is 5.75 Å². The average Bonchev–Trinajstić information content (AvgIpc) is 2.37. The van der Waals surface area contributed by atoms with Crippen LogP contribution < -0.4 is 4.74 Å². The maximum Gasteiger partial charge on any atom is 0.335 e. The van der Waals surface area contributed by atoms with Gasteiger partial charge in [-0.1, -0.05) is 0 Å². The fraction of sp³-hybridized carbons (Fsp3) is 0.133. The van der Waals surface area contributed by atoms with E-state index in [4.69, 9.17) is 9.84 Å². The van der Waals surface area contributed by atoms with E-state index in [0.717, 1.165) is 12.1 Å². The molecule has 0 aromatic heterocycles. The number of hydrogen-bond acceptors (Lipinski definition) is 2. The van der Waals surface area contributed by atoms with E-state index in [1.54, 1.807) is 13.0 Å². The molecule has 2 aromatic carbocycles. The van der Waals surface area contributed by atoms with Crippen LogP contribution in [0.5, 0.6) is 5.75 Å². The monoisotopic (exact) mass is 278 g/mol. The van der Waals surface area contributed by atoms with E-state index in [2.05, 4.69) is 0 Å². The number of rotatable bonds is 4. The summed E-state index contributed by atoms with van der Waals surface area (Å²) in [6.07, 6.45) is 0. The second-order valence-corrected chi connectivity index (χ2v) is 4.31. The summed E-state index contributed by atoms with van der Waals surface area (Å²) in [7, 11) is 0. The highest BCUT2D eigenvalue weighted by atomic mass is 19.1. The second-order valence-electron chi connectivity index (χ2n) is 4.31. The van der Waals surface area contributed by atoms with Gasteiger partial charge in [0.2, 0.25) is 0 Å². The van der Waals surface area contributed by atoms with E-state index in [1.165, 1.54) is 18.2 Å². The molecule has 0 spiro atoms. The van der Waals surface area contributed by atoms with Crippen LogP contribution in [-0.4, -0.2) is 11.1 Å².